The van der Waals surface area contributed by atoms with E-state index in [4.69, 9.17) is 4.74 Å². The number of nitrogens with one attached hydrogen (secondary N) is 1. The van der Waals surface area contributed by atoms with Gasteiger partial charge in [0.2, 0.25) is 5.91 Å². The Kier molecular flexibility index (Phi) is 3.90. The van der Waals surface area contributed by atoms with Crippen LogP contribution in [0, 0.1) is 0 Å². The predicted octanol–water partition coefficient (Wildman–Crippen LogP) is 2.64. The topological polar surface area (TPSA) is 38.3 Å². The van der Waals surface area contributed by atoms with Gasteiger partial charge in [-0.3, -0.25) is 4.79 Å². The van der Waals surface area contributed by atoms with Gasteiger partial charge in [-0.15, -0.1) is 0 Å². The zero-order valence-electron chi connectivity index (χ0n) is 11.2. The van der Waals surface area contributed by atoms with Crippen LogP contribution in [0.4, 0.5) is 0 Å². The van der Waals surface area contributed by atoms with Crippen LogP contribution >= 0.6 is 0 Å². The van der Waals surface area contributed by atoms with Crippen LogP contribution in [-0.2, 0) is 10.2 Å². The maximum absolute atomic E-state index is 11.5. The van der Waals surface area contributed by atoms with Gasteiger partial charge in [0.15, 0.2) is 0 Å². The van der Waals surface area contributed by atoms with Crippen molar-refractivity contribution in [3.63, 3.8) is 0 Å². The first-order chi connectivity index (χ1) is 8.70. The van der Waals surface area contributed by atoms with E-state index < -0.39 is 0 Å². The summed E-state index contributed by atoms with van der Waals surface area (Å²) >= 11 is 0. The Hall–Kier alpha value is -1.51. The molecule has 0 unspecified atom stereocenters. The zero-order chi connectivity index (χ0) is 13.0. The van der Waals surface area contributed by atoms with Gasteiger partial charge in [0.1, 0.15) is 5.75 Å². The second kappa shape index (κ2) is 5.42. The van der Waals surface area contributed by atoms with Gasteiger partial charge in [0.25, 0.3) is 0 Å². The minimum atomic E-state index is 0.151. The van der Waals surface area contributed by atoms with Crippen molar-refractivity contribution in [2.75, 3.05) is 13.7 Å². The molecule has 1 N–H and O–H groups in total. The Labute approximate surface area is 109 Å². The highest BCUT2D eigenvalue weighted by atomic mass is 16.5. The van der Waals surface area contributed by atoms with Gasteiger partial charge in [-0.1, -0.05) is 19.1 Å². The molecular formula is C15H21NO2. The molecule has 2 rings (SSSR count). The summed E-state index contributed by atoms with van der Waals surface area (Å²) in [5, 5.41) is 3.04. The van der Waals surface area contributed by atoms with Crippen molar-refractivity contribution < 1.29 is 9.53 Å². The van der Waals surface area contributed by atoms with E-state index in [1.807, 2.05) is 19.1 Å². The Morgan fingerprint density at radius 1 is 1.44 bits per heavy atom. The molecule has 3 nitrogen and oxygen atoms in total. The van der Waals surface area contributed by atoms with Crippen molar-refractivity contribution in [2.24, 2.45) is 0 Å². The number of rotatable bonds is 6. The highest BCUT2D eigenvalue weighted by molar-refractivity contribution is 5.76. The summed E-state index contributed by atoms with van der Waals surface area (Å²) in [6.07, 6.45) is 3.81. The van der Waals surface area contributed by atoms with Gasteiger partial charge in [0, 0.05) is 18.4 Å². The first kappa shape index (κ1) is 12.9. The molecule has 0 aromatic heterocycles. The van der Waals surface area contributed by atoms with E-state index in [0.717, 1.165) is 31.6 Å². The molecule has 1 fully saturated rings. The fourth-order valence-electron chi connectivity index (χ4n) is 2.25. The largest absolute Gasteiger partial charge is 0.497 e. The van der Waals surface area contributed by atoms with Crippen LogP contribution in [0.3, 0.4) is 0 Å². The van der Waals surface area contributed by atoms with Crippen LogP contribution in [0.2, 0.25) is 0 Å². The van der Waals surface area contributed by atoms with Gasteiger partial charge in [-0.05, 0) is 37.0 Å². The van der Waals surface area contributed by atoms with Gasteiger partial charge in [-0.2, -0.15) is 0 Å². The summed E-state index contributed by atoms with van der Waals surface area (Å²) in [5.41, 5.74) is 1.43. The average Bonchev–Trinajstić information content (AvgIpc) is 3.18. The molecule has 1 aromatic rings. The van der Waals surface area contributed by atoms with Crippen molar-refractivity contribution in [3.05, 3.63) is 29.8 Å². The normalized spacial score (nSPS) is 16.1. The lowest BCUT2D eigenvalue weighted by Crippen LogP contribution is -2.31. The third-order valence-electron chi connectivity index (χ3n) is 3.64. The van der Waals surface area contributed by atoms with E-state index >= 15 is 0 Å². The van der Waals surface area contributed by atoms with Crippen molar-refractivity contribution >= 4 is 5.91 Å². The number of hydrogen-bond acceptors (Lipinski definition) is 2. The Morgan fingerprint density at radius 2 is 2.22 bits per heavy atom. The van der Waals surface area contributed by atoms with Crippen LogP contribution in [-0.4, -0.2) is 19.6 Å². The van der Waals surface area contributed by atoms with Gasteiger partial charge in [0.05, 0.1) is 7.11 Å². The summed E-state index contributed by atoms with van der Waals surface area (Å²) in [5.74, 6) is 1.05. The van der Waals surface area contributed by atoms with E-state index in [0.29, 0.717) is 6.42 Å². The summed E-state index contributed by atoms with van der Waals surface area (Å²) in [7, 11) is 1.68. The summed E-state index contributed by atoms with van der Waals surface area (Å²) in [4.78, 5) is 11.5. The molecule has 1 amide bonds. The van der Waals surface area contributed by atoms with Crippen molar-refractivity contribution in [1.82, 2.24) is 5.32 Å². The molecule has 0 saturated heterocycles. The lowest BCUT2D eigenvalue weighted by Gasteiger charge is -2.17. The second-order valence-corrected chi connectivity index (χ2v) is 5.04. The Balaban J connectivity index is 2.00. The molecule has 98 valence electrons. The molecule has 1 saturated carbocycles. The molecular weight excluding hydrogens is 226 g/mol. The summed E-state index contributed by atoms with van der Waals surface area (Å²) in [6.45, 7) is 2.77. The van der Waals surface area contributed by atoms with Crippen LogP contribution < -0.4 is 10.1 Å². The molecule has 1 aliphatic rings. The van der Waals surface area contributed by atoms with Crippen LogP contribution in [0.5, 0.6) is 5.75 Å². The third-order valence-corrected chi connectivity index (χ3v) is 3.64. The van der Waals surface area contributed by atoms with Gasteiger partial charge in [-0.25, -0.2) is 0 Å². The minimum absolute atomic E-state index is 0.151. The first-order valence-electron chi connectivity index (χ1n) is 6.61. The van der Waals surface area contributed by atoms with Gasteiger partial charge >= 0.3 is 0 Å². The van der Waals surface area contributed by atoms with Gasteiger partial charge < -0.3 is 10.1 Å². The zero-order valence-corrected chi connectivity index (χ0v) is 11.2. The fourth-order valence-corrected chi connectivity index (χ4v) is 2.25. The number of methoxy groups -OCH3 is 1. The standard InChI is InChI=1S/C15H21NO2/c1-3-5-14(17)16-11-15(8-9-15)12-6-4-7-13(10-12)18-2/h4,6-7,10H,3,5,8-9,11H2,1-2H3,(H,16,17). The maximum Gasteiger partial charge on any atom is 0.220 e. The molecule has 0 heterocycles. The van der Waals surface area contributed by atoms with E-state index in [1.54, 1.807) is 7.11 Å². The molecule has 0 aliphatic heterocycles. The number of ether oxygens (including phenoxy) is 1. The van der Waals surface area contributed by atoms with E-state index in [9.17, 15) is 4.79 Å². The average molecular weight is 247 g/mol. The number of benzene rings is 1. The highest BCUT2D eigenvalue weighted by Gasteiger charge is 2.44. The van der Waals surface area contributed by atoms with Crippen LogP contribution in [0.25, 0.3) is 0 Å². The van der Waals surface area contributed by atoms with E-state index in [-0.39, 0.29) is 11.3 Å². The number of hydrogen-bond donors (Lipinski definition) is 1. The molecule has 1 aromatic carbocycles. The van der Waals surface area contributed by atoms with E-state index in [2.05, 4.69) is 17.4 Å². The summed E-state index contributed by atoms with van der Waals surface area (Å²) < 4.78 is 5.25. The smallest absolute Gasteiger partial charge is 0.220 e. The summed E-state index contributed by atoms with van der Waals surface area (Å²) in [6, 6.07) is 8.18. The second-order valence-electron chi connectivity index (χ2n) is 5.04. The Bertz CT molecular complexity index is 424. The van der Waals surface area contributed by atoms with Crippen LogP contribution in [0.1, 0.15) is 38.2 Å². The SMILES string of the molecule is CCCC(=O)NCC1(c2cccc(OC)c2)CC1. The van der Waals surface area contributed by atoms with Crippen molar-refractivity contribution in [1.29, 1.82) is 0 Å². The Morgan fingerprint density at radius 3 is 2.83 bits per heavy atom. The maximum atomic E-state index is 11.5. The molecule has 1 aliphatic carbocycles. The molecule has 3 heteroatoms. The minimum Gasteiger partial charge on any atom is -0.497 e. The molecule has 18 heavy (non-hydrogen) atoms. The highest BCUT2D eigenvalue weighted by Crippen LogP contribution is 2.48. The lowest BCUT2D eigenvalue weighted by molar-refractivity contribution is -0.121. The number of amides is 1. The van der Waals surface area contributed by atoms with Crippen molar-refractivity contribution in [2.45, 2.75) is 38.0 Å². The lowest BCUT2D eigenvalue weighted by atomic mass is 9.95. The van der Waals surface area contributed by atoms with Crippen LogP contribution in [0.15, 0.2) is 24.3 Å². The fraction of sp³-hybridized carbons (Fsp3) is 0.533. The third kappa shape index (κ3) is 2.84. The number of carbonyl (C=O) groups excluding carboxylic acids is 1. The number of carbonyl (C=O) groups is 1. The molecule has 0 bridgehead atoms. The van der Waals surface area contributed by atoms with Crippen molar-refractivity contribution in [3.8, 4) is 5.75 Å². The first-order valence-corrected chi connectivity index (χ1v) is 6.61. The molecule has 0 spiro atoms. The predicted molar refractivity (Wildman–Crippen MR) is 71.8 cm³/mol. The quantitative estimate of drug-likeness (QED) is 0.839. The molecule has 0 atom stereocenters. The van der Waals surface area contributed by atoms with E-state index in [1.165, 1.54) is 5.56 Å². The molecule has 0 radical (unpaired) electrons. The monoisotopic (exact) mass is 247 g/mol.